The lowest BCUT2D eigenvalue weighted by atomic mass is 10.2. The van der Waals surface area contributed by atoms with Gasteiger partial charge < -0.3 is 9.90 Å². The van der Waals surface area contributed by atoms with Gasteiger partial charge in [0.05, 0.1) is 16.6 Å². The van der Waals surface area contributed by atoms with E-state index in [9.17, 15) is 18.3 Å². The fourth-order valence-electron chi connectivity index (χ4n) is 2.03. The third-order valence-corrected chi connectivity index (χ3v) is 5.67. The predicted octanol–water partition coefficient (Wildman–Crippen LogP) is 2.03. The number of carbonyl (C=O) groups excluding carboxylic acids is 1. The number of hydrogen-bond acceptors (Lipinski definition) is 4. The topological polar surface area (TPSA) is 77.5 Å². The highest BCUT2D eigenvalue weighted by atomic mass is 79.9. The number of carboxylic acids is 1. The summed E-state index contributed by atoms with van der Waals surface area (Å²) in [5.74, 6) is -1.44. The van der Waals surface area contributed by atoms with Crippen molar-refractivity contribution in [1.82, 2.24) is 0 Å². The lowest BCUT2D eigenvalue weighted by Gasteiger charge is -2.23. The van der Waals surface area contributed by atoms with Crippen molar-refractivity contribution in [3.8, 4) is 0 Å². The van der Waals surface area contributed by atoms with Crippen LogP contribution < -0.4 is 9.41 Å². The van der Waals surface area contributed by atoms with Crippen molar-refractivity contribution in [2.24, 2.45) is 0 Å². The van der Waals surface area contributed by atoms with Gasteiger partial charge in [-0.05, 0) is 37.3 Å². The van der Waals surface area contributed by atoms with Crippen LogP contribution in [0.4, 0.5) is 5.69 Å². The van der Waals surface area contributed by atoms with Crippen molar-refractivity contribution in [2.75, 3.05) is 10.8 Å². The number of anilines is 1. The van der Waals surface area contributed by atoms with E-state index in [0.29, 0.717) is 5.69 Å². The molecule has 0 aliphatic heterocycles. The molecule has 0 fully saturated rings. The molecule has 5 nitrogen and oxygen atoms in total. The van der Waals surface area contributed by atoms with Gasteiger partial charge in [-0.3, -0.25) is 4.31 Å². The van der Waals surface area contributed by atoms with Gasteiger partial charge in [0.15, 0.2) is 0 Å². The number of carboxylic acid groups (broad SMARTS) is 1. The first-order valence-corrected chi connectivity index (χ1v) is 8.70. The molecule has 0 saturated heterocycles. The highest BCUT2D eigenvalue weighted by molar-refractivity contribution is 9.10. The van der Waals surface area contributed by atoms with Crippen LogP contribution in [0, 0.1) is 0 Å². The zero-order chi connectivity index (χ0) is 16.3. The minimum atomic E-state index is -3.86. The quantitative estimate of drug-likeness (QED) is 0.792. The Balaban J connectivity index is 2.54. The first kappa shape index (κ1) is 16.5. The average molecular weight is 383 g/mol. The summed E-state index contributed by atoms with van der Waals surface area (Å²) in [4.78, 5) is 11.0. The Hall–Kier alpha value is -1.86. The SMILES string of the molecule is CCN(c1ccccc1)S(=O)(=O)c1ccc(Br)c(C(=O)[O-])c1. The normalized spacial score (nSPS) is 11.2. The molecular formula is C15H13BrNO4S-. The lowest BCUT2D eigenvalue weighted by molar-refractivity contribution is -0.255. The number of carbonyl (C=O) groups is 1. The first-order valence-electron chi connectivity index (χ1n) is 6.46. The molecule has 0 aliphatic carbocycles. The largest absolute Gasteiger partial charge is 0.545 e. The van der Waals surface area contributed by atoms with Crippen LogP contribution in [-0.2, 0) is 10.0 Å². The van der Waals surface area contributed by atoms with Crippen LogP contribution in [0.25, 0.3) is 0 Å². The number of aromatic carboxylic acids is 1. The van der Waals surface area contributed by atoms with Crippen molar-refractivity contribution in [1.29, 1.82) is 0 Å². The molecule has 2 aromatic carbocycles. The molecule has 0 heterocycles. The van der Waals surface area contributed by atoms with Crippen LogP contribution in [0.2, 0.25) is 0 Å². The van der Waals surface area contributed by atoms with E-state index in [1.165, 1.54) is 16.4 Å². The highest BCUT2D eigenvalue weighted by Crippen LogP contribution is 2.26. The number of para-hydroxylation sites is 1. The van der Waals surface area contributed by atoms with Crippen LogP contribution in [0.5, 0.6) is 0 Å². The Bertz CT molecular complexity index is 790. The Morgan fingerprint density at radius 2 is 1.82 bits per heavy atom. The average Bonchev–Trinajstić information content (AvgIpc) is 2.48. The van der Waals surface area contributed by atoms with E-state index >= 15 is 0 Å². The molecule has 2 rings (SSSR count). The standard InChI is InChI=1S/C15H14BrNO4S/c1-2-17(11-6-4-3-5-7-11)22(20,21)12-8-9-14(16)13(10-12)15(18)19/h3-10H,2H2,1H3,(H,18,19)/p-1. The summed E-state index contributed by atoms with van der Waals surface area (Å²) in [7, 11) is -3.86. The summed E-state index contributed by atoms with van der Waals surface area (Å²) in [5, 5.41) is 11.1. The second-order valence-electron chi connectivity index (χ2n) is 4.43. The van der Waals surface area contributed by atoms with Crippen molar-refractivity contribution >= 4 is 37.6 Å². The Labute approximate surface area is 137 Å². The van der Waals surface area contributed by atoms with Gasteiger partial charge in [0.1, 0.15) is 0 Å². The number of hydrogen-bond donors (Lipinski definition) is 0. The lowest BCUT2D eigenvalue weighted by Crippen LogP contribution is -2.31. The van der Waals surface area contributed by atoms with Crippen LogP contribution in [0.15, 0.2) is 57.9 Å². The van der Waals surface area contributed by atoms with E-state index in [1.54, 1.807) is 37.3 Å². The van der Waals surface area contributed by atoms with Crippen LogP contribution in [-0.4, -0.2) is 20.9 Å². The Kier molecular flexibility index (Phi) is 4.87. The minimum Gasteiger partial charge on any atom is -0.545 e. The van der Waals surface area contributed by atoms with E-state index < -0.39 is 16.0 Å². The second kappa shape index (κ2) is 6.50. The third kappa shape index (κ3) is 3.15. The summed E-state index contributed by atoms with van der Waals surface area (Å²) in [6.45, 7) is 1.94. The van der Waals surface area contributed by atoms with Gasteiger partial charge >= 0.3 is 0 Å². The molecular weight excluding hydrogens is 370 g/mol. The molecule has 22 heavy (non-hydrogen) atoms. The fourth-order valence-corrected chi connectivity index (χ4v) is 3.94. The Morgan fingerprint density at radius 3 is 2.36 bits per heavy atom. The molecule has 0 radical (unpaired) electrons. The minimum absolute atomic E-state index is 0.0967. The van der Waals surface area contributed by atoms with Crippen LogP contribution in [0.1, 0.15) is 17.3 Å². The molecule has 2 aromatic rings. The number of nitrogens with zero attached hydrogens (tertiary/aromatic N) is 1. The van der Waals surface area contributed by atoms with Gasteiger partial charge in [0, 0.05) is 16.6 Å². The van der Waals surface area contributed by atoms with Gasteiger partial charge in [-0.25, -0.2) is 8.42 Å². The van der Waals surface area contributed by atoms with Gasteiger partial charge in [-0.2, -0.15) is 0 Å². The number of sulfonamides is 1. The molecule has 0 aromatic heterocycles. The van der Waals surface area contributed by atoms with Gasteiger partial charge in [0.25, 0.3) is 10.0 Å². The van der Waals surface area contributed by atoms with Crippen molar-refractivity contribution < 1.29 is 18.3 Å². The van der Waals surface area contributed by atoms with Crippen LogP contribution >= 0.6 is 15.9 Å². The Morgan fingerprint density at radius 1 is 1.18 bits per heavy atom. The molecule has 0 bridgehead atoms. The monoisotopic (exact) mass is 382 g/mol. The molecule has 0 amide bonds. The van der Waals surface area contributed by atoms with E-state index in [1.807, 2.05) is 0 Å². The predicted molar refractivity (Wildman–Crippen MR) is 85.1 cm³/mol. The van der Waals surface area contributed by atoms with E-state index in [4.69, 9.17) is 0 Å². The number of benzene rings is 2. The summed E-state index contributed by atoms with van der Waals surface area (Å²) in [5.41, 5.74) is 0.313. The zero-order valence-corrected chi connectivity index (χ0v) is 14.1. The second-order valence-corrected chi connectivity index (χ2v) is 7.15. The van der Waals surface area contributed by atoms with Crippen molar-refractivity contribution in [3.63, 3.8) is 0 Å². The highest BCUT2D eigenvalue weighted by Gasteiger charge is 2.24. The third-order valence-electron chi connectivity index (χ3n) is 3.08. The molecule has 0 atom stereocenters. The molecule has 0 saturated carbocycles. The first-order chi connectivity index (χ1) is 10.4. The molecule has 7 heteroatoms. The molecule has 0 spiro atoms. The van der Waals surface area contributed by atoms with Crippen molar-refractivity contribution in [2.45, 2.75) is 11.8 Å². The molecule has 0 unspecified atom stereocenters. The summed E-state index contributed by atoms with van der Waals surface area (Å²) < 4.78 is 27.0. The molecule has 0 N–H and O–H groups in total. The maximum atomic E-state index is 12.7. The van der Waals surface area contributed by atoms with Gasteiger partial charge in [-0.1, -0.05) is 34.1 Å². The zero-order valence-electron chi connectivity index (χ0n) is 11.7. The summed E-state index contributed by atoms with van der Waals surface area (Å²) in [6, 6.07) is 12.5. The van der Waals surface area contributed by atoms with Gasteiger partial charge in [-0.15, -0.1) is 0 Å². The number of halogens is 1. The maximum Gasteiger partial charge on any atom is 0.264 e. The summed E-state index contributed by atoms with van der Waals surface area (Å²) in [6.07, 6.45) is 0. The molecule has 0 aliphatic rings. The van der Waals surface area contributed by atoms with Crippen LogP contribution in [0.3, 0.4) is 0 Å². The van der Waals surface area contributed by atoms with Gasteiger partial charge in [0.2, 0.25) is 0 Å². The van der Waals surface area contributed by atoms with E-state index in [2.05, 4.69) is 15.9 Å². The maximum absolute atomic E-state index is 12.7. The molecule has 116 valence electrons. The van der Waals surface area contributed by atoms with E-state index in [-0.39, 0.29) is 21.5 Å². The fraction of sp³-hybridized carbons (Fsp3) is 0.133. The summed E-state index contributed by atoms with van der Waals surface area (Å²) >= 11 is 3.07. The smallest absolute Gasteiger partial charge is 0.264 e. The van der Waals surface area contributed by atoms with E-state index in [0.717, 1.165) is 6.07 Å². The number of rotatable bonds is 5. The van der Waals surface area contributed by atoms with Crippen molar-refractivity contribution in [3.05, 3.63) is 58.6 Å².